The normalized spacial score (nSPS) is 14.6. The number of anilines is 1. The quantitative estimate of drug-likeness (QED) is 0.922. The topological polar surface area (TPSA) is 65.4 Å². The first-order valence-electron chi connectivity index (χ1n) is 6.53. The fourth-order valence-corrected chi connectivity index (χ4v) is 2.32. The molecule has 1 amide bonds. The minimum atomic E-state index is -0.412. The SMILES string of the molecule is CC(C(=O)Nc1ccc2c(c1)OCCO2)n1cc(Br)cn1. The third kappa shape index (κ3) is 3.02. The molecule has 21 heavy (non-hydrogen) atoms. The number of hydrogen-bond acceptors (Lipinski definition) is 4. The lowest BCUT2D eigenvalue weighted by molar-refractivity contribution is -0.119. The second-order valence-corrected chi connectivity index (χ2v) is 5.58. The Kier molecular flexibility index (Phi) is 3.83. The summed E-state index contributed by atoms with van der Waals surface area (Å²) >= 11 is 3.31. The number of ether oxygens (including phenoxy) is 2. The summed E-state index contributed by atoms with van der Waals surface area (Å²) < 4.78 is 13.4. The van der Waals surface area contributed by atoms with E-state index in [0.717, 1.165) is 4.47 Å². The van der Waals surface area contributed by atoms with Crippen LogP contribution in [0.4, 0.5) is 5.69 Å². The number of halogens is 1. The number of amides is 1. The first-order valence-corrected chi connectivity index (χ1v) is 7.33. The van der Waals surface area contributed by atoms with E-state index in [1.807, 2.05) is 0 Å². The van der Waals surface area contributed by atoms with E-state index in [4.69, 9.17) is 9.47 Å². The van der Waals surface area contributed by atoms with E-state index in [1.54, 1.807) is 42.2 Å². The van der Waals surface area contributed by atoms with Gasteiger partial charge in [-0.15, -0.1) is 0 Å². The zero-order chi connectivity index (χ0) is 14.8. The molecule has 0 saturated heterocycles. The second kappa shape index (κ2) is 5.77. The van der Waals surface area contributed by atoms with Crippen LogP contribution < -0.4 is 14.8 Å². The predicted octanol–water partition coefficient (Wildman–Crippen LogP) is 2.62. The molecule has 0 saturated carbocycles. The van der Waals surface area contributed by atoms with Crippen LogP contribution in [0.25, 0.3) is 0 Å². The molecule has 1 aromatic carbocycles. The average molecular weight is 352 g/mol. The Morgan fingerprint density at radius 1 is 1.38 bits per heavy atom. The fourth-order valence-electron chi connectivity index (χ4n) is 2.01. The van der Waals surface area contributed by atoms with Crippen molar-refractivity contribution in [3.05, 3.63) is 35.1 Å². The molecule has 0 radical (unpaired) electrons. The lowest BCUT2D eigenvalue weighted by Gasteiger charge is -2.19. The van der Waals surface area contributed by atoms with Crippen LogP contribution in [0.2, 0.25) is 0 Å². The van der Waals surface area contributed by atoms with Crippen molar-refractivity contribution >= 4 is 27.5 Å². The van der Waals surface area contributed by atoms with Crippen LogP contribution in [0.3, 0.4) is 0 Å². The Morgan fingerprint density at radius 2 is 2.14 bits per heavy atom. The Bertz CT molecular complexity index is 671. The van der Waals surface area contributed by atoms with Crippen molar-refractivity contribution in [3.8, 4) is 11.5 Å². The standard InChI is InChI=1S/C14H14BrN3O3/c1-9(18-8-10(15)7-16-18)14(19)17-11-2-3-12-13(6-11)21-5-4-20-12/h2-3,6-9H,4-5H2,1H3,(H,17,19). The predicted molar refractivity (Wildman–Crippen MR) is 80.7 cm³/mol. The number of carbonyl (C=O) groups excluding carboxylic acids is 1. The third-order valence-corrected chi connectivity index (χ3v) is 3.57. The largest absolute Gasteiger partial charge is 0.486 e. The van der Waals surface area contributed by atoms with Gasteiger partial charge in [0.25, 0.3) is 0 Å². The van der Waals surface area contributed by atoms with Crippen LogP contribution in [0.5, 0.6) is 11.5 Å². The zero-order valence-corrected chi connectivity index (χ0v) is 13.0. The number of nitrogens with zero attached hydrogens (tertiary/aromatic N) is 2. The second-order valence-electron chi connectivity index (χ2n) is 4.66. The smallest absolute Gasteiger partial charge is 0.248 e. The van der Waals surface area contributed by atoms with E-state index in [9.17, 15) is 4.79 Å². The van der Waals surface area contributed by atoms with Gasteiger partial charge in [-0.05, 0) is 35.0 Å². The Labute approximate surface area is 130 Å². The number of aromatic nitrogens is 2. The summed E-state index contributed by atoms with van der Waals surface area (Å²) in [6.45, 7) is 2.85. The Balaban J connectivity index is 1.72. The van der Waals surface area contributed by atoms with Crippen LogP contribution in [0, 0.1) is 0 Å². The summed E-state index contributed by atoms with van der Waals surface area (Å²) in [5, 5.41) is 6.96. The molecule has 3 rings (SSSR count). The number of rotatable bonds is 3. The zero-order valence-electron chi connectivity index (χ0n) is 11.4. The average Bonchev–Trinajstić information content (AvgIpc) is 2.93. The maximum Gasteiger partial charge on any atom is 0.248 e. The number of fused-ring (bicyclic) bond motifs is 1. The van der Waals surface area contributed by atoms with Crippen molar-refractivity contribution in [1.29, 1.82) is 0 Å². The molecule has 1 atom stereocenters. The molecule has 1 aliphatic heterocycles. The minimum Gasteiger partial charge on any atom is -0.486 e. The molecule has 2 aromatic rings. The van der Waals surface area contributed by atoms with Gasteiger partial charge in [0.05, 0.1) is 10.7 Å². The number of nitrogens with one attached hydrogen (secondary N) is 1. The van der Waals surface area contributed by atoms with E-state index < -0.39 is 6.04 Å². The van der Waals surface area contributed by atoms with Gasteiger partial charge in [0.1, 0.15) is 19.3 Å². The van der Waals surface area contributed by atoms with Gasteiger partial charge < -0.3 is 14.8 Å². The van der Waals surface area contributed by atoms with E-state index in [1.165, 1.54) is 0 Å². The maximum atomic E-state index is 12.2. The molecule has 1 aliphatic rings. The summed E-state index contributed by atoms with van der Waals surface area (Å²) in [7, 11) is 0. The number of carbonyl (C=O) groups is 1. The van der Waals surface area contributed by atoms with Gasteiger partial charge in [0.2, 0.25) is 5.91 Å². The van der Waals surface area contributed by atoms with Gasteiger partial charge in [-0.25, -0.2) is 0 Å². The van der Waals surface area contributed by atoms with Crippen molar-refractivity contribution in [3.63, 3.8) is 0 Å². The number of hydrogen-bond donors (Lipinski definition) is 1. The van der Waals surface area contributed by atoms with Crippen molar-refractivity contribution in [2.45, 2.75) is 13.0 Å². The molecule has 0 fully saturated rings. The molecular weight excluding hydrogens is 338 g/mol. The summed E-state index contributed by atoms with van der Waals surface area (Å²) in [4.78, 5) is 12.2. The Morgan fingerprint density at radius 3 is 2.86 bits per heavy atom. The molecule has 0 aliphatic carbocycles. The van der Waals surface area contributed by atoms with E-state index in [0.29, 0.717) is 30.4 Å². The van der Waals surface area contributed by atoms with Gasteiger partial charge in [0, 0.05) is 18.0 Å². The van der Waals surface area contributed by atoms with Crippen molar-refractivity contribution in [2.75, 3.05) is 18.5 Å². The highest BCUT2D eigenvalue weighted by molar-refractivity contribution is 9.10. The number of benzene rings is 1. The van der Waals surface area contributed by atoms with Crippen molar-refractivity contribution in [2.24, 2.45) is 0 Å². The first-order chi connectivity index (χ1) is 10.1. The van der Waals surface area contributed by atoms with Gasteiger partial charge in [-0.3, -0.25) is 9.48 Å². The van der Waals surface area contributed by atoms with Crippen LogP contribution in [-0.2, 0) is 4.79 Å². The summed E-state index contributed by atoms with van der Waals surface area (Å²) in [5.41, 5.74) is 0.669. The van der Waals surface area contributed by atoms with E-state index in [-0.39, 0.29) is 5.91 Å². The first kappa shape index (κ1) is 13.9. The highest BCUT2D eigenvalue weighted by atomic mass is 79.9. The highest BCUT2D eigenvalue weighted by Gasteiger charge is 2.17. The summed E-state index contributed by atoms with van der Waals surface area (Å²) in [6.07, 6.45) is 3.40. The molecule has 1 aromatic heterocycles. The van der Waals surface area contributed by atoms with Gasteiger partial charge in [0.15, 0.2) is 11.5 Å². The van der Waals surface area contributed by atoms with E-state index >= 15 is 0 Å². The van der Waals surface area contributed by atoms with Crippen molar-refractivity contribution in [1.82, 2.24) is 9.78 Å². The van der Waals surface area contributed by atoms with Crippen LogP contribution in [0.15, 0.2) is 35.1 Å². The monoisotopic (exact) mass is 351 g/mol. The van der Waals surface area contributed by atoms with E-state index in [2.05, 4.69) is 26.3 Å². The molecule has 1 N–H and O–H groups in total. The third-order valence-electron chi connectivity index (χ3n) is 3.16. The Hall–Kier alpha value is -2.02. The summed E-state index contributed by atoms with van der Waals surface area (Å²) in [5.74, 6) is 1.19. The van der Waals surface area contributed by atoms with Crippen LogP contribution >= 0.6 is 15.9 Å². The van der Waals surface area contributed by atoms with Gasteiger partial charge >= 0.3 is 0 Å². The fraction of sp³-hybridized carbons (Fsp3) is 0.286. The molecule has 0 spiro atoms. The van der Waals surface area contributed by atoms with Crippen LogP contribution in [0.1, 0.15) is 13.0 Å². The molecule has 2 heterocycles. The molecule has 1 unspecified atom stereocenters. The lowest BCUT2D eigenvalue weighted by Crippen LogP contribution is -2.24. The molecule has 7 heteroatoms. The van der Waals surface area contributed by atoms with Crippen molar-refractivity contribution < 1.29 is 14.3 Å². The van der Waals surface area contributed by atoms with Gasteiger partial charge in [-0.1, -0.05) is 0 Å². The lowest BCUT2D eigenvalue weighted by atomic mass is 10.2. The van der Waals surface area contributed by atoms with Gasteiger partial charge in [-0.2, -0.15) is 5.10 Å². The highest BCUT2D eigenvalue weighted by Crippen LogP contribution is 2.32. The molecular formula is C14H14BrN3O3. The molecule has 110 valence electrons. The molecule has 6 nitrogen and oxygen atoms in total. The maximum absolute atomic E-state index is 12.2. The van der Waals surface area contributed by atoms with Crippen LogP contribution in [-0.4, -0.2) is 28.9 Å². The summed E-state index contributed by atoms with van der Waals surface area (Å²) in [6, 6.07) is 4.93. The minimum absolute atomic E-state index is 0.151. The molecule has 0 bridgehead atoms.